The molecule has 1 heterocycles. The molecular weight excluding hydrogens is 300 g/mol. The zero-order valence-corrected chi connectivity index (χ0v) is 12.6. The Labute approximate surface area is 123 Å². The molecule has 0 radical (unpaired) electrons. The average Bonchev–Trinajstić information content (AvgIpc) is 2.81. The van der Waals surface area contributed by atoms with Crippen molar-refractivity contribution in [2.45, 2.75) is 17.9 Å². The van der Waals surface area contributed by atoms with E-state index < -0.39 is 10.0 Å². The summed E-state index contributed by atoms with van der Waals surface area (Å²) in [6.07, 6.45) is 0. The van der Waals surface area contributed by atoms with Gasteiger partial charge in [-0.1, -0.05) is 17.7 Å². The third-order valence-electron chi connectivity index (χ3n) is 2.72. The van der Waals surface area contributed by atoms with Crippen LogP contribution in [-0.2, 0) is 10.0 Å². The maximum atomic E-state index is 12.0. The second-order valence-electron chi connectivity index (χ2n) is 4.52. The largest absolute Gasteiger partial charge is 0.355 e. The standard InChI is InChI=1S/C12H17ClN4O2S/c1-9-8-15-12(17-9)14-5-6-16-20(18,19)11-4-2-3-10(13)7-11/h2-4,7,9,16H,5-6,8H2,1H3,(H2,14,15,17). The summed E-state index contributed by atoms with van der Waals surface area (Å²) in [6, 6.07) is 6.48. The molecule has 1 unspecified atom stereocenters. The van der Waals surface area contributed by atoms with Gasteiger partial charge < -0.3 is 10.6 Å². The molecule has 0 amide bonds. The van der Waals surface area contributed by atoms with Crippen molar-refractivity contribution in [3.63, 3.8) is 0 Å². The molecule has 1 aromatic rings. The molecule has 20 heavy (non-hydrogen) atoms. The zero-order chi connectivity index (χ0) is 14.6. The van der Waals surface area contributed by atoms with Gasteiger partial charge in [-0.2, -0.15) is 0 Å². The first kappa shape index (κ1) is 15.1. The average molecular weight is 317 g/mol. The van der Waals surface area contributed by atoms with Crippen molar-refractivity contribution in [2.24, 2.45) is 4.99 Å². The van der Waals surface area contributed by atoms with E-state index in [9.17, 15) is 8.42 Å². The number of guanidine groups is 1. The fraction of sp³-hybridized carbons (Fsp3) is 0.417. The molecule has 0 bridgehead atoms. The maximum absolute atomic E-state index is 12.0. The molecule has 110 valence electrons. The molecule has 0 fully saturated rings. The molecular formula is C12H17ClN4O2S. The Kier molecular flexibility index (Phi) is 4.85. The minimum absolute atomic E-state index is 0.162. The molecule has 2 rings (SSSR count). The van der Waals surface area contributed by atoms with Crippen molar-refractivity contribution in [2.75, 3.05) is 19.6 Å². The summed E-state index contributed by atoms with van der Waals surface area (Å²) in [5.74, 6) is 0.708. The fourth-order valence-corrected chi connectivity index (χ4v) is 3.08. The van der Waals surface area contributed by atoms with E-state index in [0.717, 1.165) is 6.54 Å². The van der Waals surface area contributed by atoms with Gasteiger partial charge in [0.15, 0.2) is 5.96 Å². The lowest BCUT2D eigenvalue weighted by Gasteiger charge is -2.10. The Morgan fingerprint density at radius 2 is 2.25 bits per heavy atom. The van der Waals surface area contributed by atoms with E-state index in [2.05, 4.69) is 20.3 Å². The maximum Gasteiger partial charge on any atom is 0.240 e. The van der Waals surface area contributed by atoms with Crippen LogP contribution in [0.15, 0.2) is 34.2 Å². The number of hydrogen-bond donors (Lipinski definition) is 3. The summed E-state index contributed by atoms with van der Waals surface area (Å²) in [4.78, 5) is 4.38. The van der Waals surface area contributed by atoms with Crippen molar-refractivity contribution >= 4 is 27.6 Å². The van der Waals surface area contributed by atoms with Gasteiger partial charge in [0, 0.05) is 24.2 Å². The highest BCUT2D eigenvalue weighted by atomic mass is 35.5. The van der Waals surface area contributed by atoms with Crippen molar-refractivity contribution in [1.82, 2.24) is 15.4 Å². The Bertz CT molecular complexity index is 603. The van der Waals surface area contributed by atoms with Crippen LogP contribution < -0.4 is 15.4 Å². The smallest absolute Gasteiger partial charge is 0.240 e. The third kappa shape index (κ3) is 4.09. The molecule has 1 atom stereocenters. The van der Waals surface area contributed by atoms with Crippen LogP contribution in [-0.4, -0.2) is 40.1 Å². The van der Waals surface area contributed by atoms with Gasteiger partial charge in [0.2, 0.25) is 10.0 Å². The van der Waals surface area contributed by atoms with Gasteiger partial charge >= 0.3 is 0 Å². The molecule has 0 saturated carbocycles. The van der Waals surface area contributed by atoms with Crippen LogP contribution in [0.3, 0.4) is 0 Å². The van der Waals surface area contributed by atoms with Gasteiger partial charge in [-0.15, -0.1) is 0 Å². The number of benzene rings is 1. The Balaban J connectivity index is 1.81. The summed E-state index contributed by atoms with van der Waals surface area (Å²) in [5, 5.41) is 6.56. The molecule has 1 aliphatic heterocycles. The predicted molar refractivity (Wildman–Crippen MR) is 79.5 cm³/mol. The normalized spacial score (nSPS) is 18.5. The van der Waals surface area contributed by atoms with E-state index in [1.54, 1.807) is 12.1 Å². The number of sulfonamides is 1. The second kappa shape index (κ2) is 6.43. The summed E-state index contributed by atoms with van der Waals surface area (Å²) in [5.41, 5.74) is 0. The molecule has 0 aromatic heterocycles. The van der Waals surface area contributed by atoms with Gasteiger partial charge in [-0.05, 0) is 25.1 Å². The van der Waals surface area contributed by atoms with Crippen LogP contribution >= 0.6 is 11.6 Å². The molecule has 1 aliphatic rings. The number of hydrogen-bond acceptors (Lipinski definition) is 5. The van der Waals surface area contributed by atoms with Crippen LogP contribution in [0, 0.1) is 0 Å². The lowest BCUT2D eigenvalue weighted by Crippen LogP contribution is -2.41. The van der Waals surface area contributed by atoms with Gasteiger partial charge in [0.1, 0.15) is 0 Å². The summed E-state index contributed by atoms with van der Waals surface area (Å²) >= 11 is 5.78. The summed E-state index contributed by atoms with van der Waals surface area (Å²) in [6.45, 7) is 3.49. The fourth-order valence-electron chi connectivity index (χ4n) is 1.74. The van der Waals surface area contributed by atoms with Gasteiger partial charge in [-0.3, -0.25) is 4.99 Å². The highest BCUT2D eigenvalue weighted by Crippen LogP contribution is 2.14. The number of halogens is 1. The Morgan fingerprint density at radius 1 is 1.45 bits per heavy atom. The quantitative estimate of drug-likeness (QED) is 0.693. The van der Waals surface area contributed by atoms with E-state index in [0.29, 0.717) is 23.6 Å². The van der Waals surface area contributed by atoms with E-state index in [1.165, 1.54) is 12.1 Å². The van der Waals surface area contributed by atoms with Crippen molar-refractivity contribution in [3.8, 4) is 0 Å². The minimum atomic E-state index is -3.52. The first-order valence-corrected chi connectivity index (χ1v) is 8.13. The van der Waals surface area contributed by atoms with Gasteiger partial charge in [-0.25, -0.2) is 13.1 Å². The van der Waals surface area contributed by atoms with E-state index in [1.807, 2.05) is 6.92 Å². The molecule has 6 nitrogen and oxygen atoms in total. The first-order chi connectivity index (χ1) is 9.47. The second-order valence-corrected chi connectivity index (χ2v) is 6.72. The number of rotatable bonds is 5. The molecule has 0 spiro atoms. The first-order valence-electron chi connectivity index (χ1n) is 6.27. The van der Waals surface area contributed by atoms with Crippen molar-refractivity contribution in [1.29, 1.82) is 0 Å². The number of aliphatic imine (C=N–C) groups is 1. The van der Waals surface area contributed by atoms with Crippen molar-refractivity contribution < 1.29 is 8.42 Å². The number of nitrogens with zero attached hydrogens (tertiary/aromatic N) is 1. The predicted octanol–water partition coefficient (Wildman–Crippen LogP) is 0.556. The molecule has 1 aromatic carbocycles. The van der Waals surface area contributed by atoms with E-state index in [-0.39, 0.29) is 11.4 Å². The molecule has 0 aliphatic carbocycles. The van der Waals surface area contributed by atoms with Crippen LogP contribution in [0.1, 0.15) is 6.92 Å². The van der Waals surface area contributed by atoms with Crippen LogP contribution in [0.5, 0.6) is 0 Å². The van der Waals surface area contributed by atoms with Gasteiger partial charge in [0.25, 0.3) is 0 Å². The van der Waals surface area contributed by atoms with Crippen LogP contribution in [0.2, 0.25) is 5.02 Å². The van der Waals surface area contributed by atoms with Crippen LogP contribution in [0.25, 0.3) is 0 Å². The van der Waals surface area contributed by atoms with Crippen LogP contribution in [0.4, 0.5) is 0 Å². The van der Waals surface area contributed by atoms with Gasteiger partial charge in [0.05, 0.1) is 11.4 Å². The third-order valence-corrected chi connectivity index (χ3v) is 4.42. The lowest BCUT2D eigenvalue weighted by molar-refractivity contribution is 0.580. The number of nitrogens with one attached hydrogen (secondary N) is 3. The van der Waals surface area contributed by atoms with Crippen molar-refractivity contribution in [3.05, 3.63) is 29.3 Å². The highest BCUT2D eigenvalue weighted by Gasteiger charge is 2.14. The topological polar surface area (TPSA) is 82.6 Å². The Morgan fingerprint density at radius 3 is 2.90 bits per heavy atom. The molecule has 8 heteroatoms. The Hall–Kier alpha value is -1.31. The molecule has 0 saturated heterocycles. The monoisotopic (exact) mass is 316 g/mol. The van der Waals surface area contributed by atoms with E-state index in [4.69, 9.17) is 11.6 Å². The minimum Gasteiger partial charge on any atom is -0.355 e. The zero-order valence-electron chi connectivity index (χ0n) is 11.1. The molecule has 3 N–H and O–H groups in total. The van der Waals surface area contributed by atoms with E-state index >= 15 is 0 Å². The SMILES string of the molecule is CC1CN=C(NCCNS(=O)(=O)c2cccc(Cl)c2)N1. The summed E-state index contributed by atoms with van der Waals surface area (Å²) < 4.78 is 26.5. The lowest BCUT2D eigenvalue weighted by atomic mass is 10.4. The highest BCUT2D eigenvalue weighted by molar-refractivity contribution is 7.89. The summed E-state index contributed by atoms with van der Waals surface area (Å²) in [7, 11) is -3.52.